The zero-order valence-corrected chi connectivity index (χ0v) is 8.85. The maximum absolute atomic E-state index is 11.9. The molecule has 84 valence electrons. The Labute approximate surface area is 88.6 Å². The number of hydrogen-bond acceptors (Lipinski definition) is 3. The summed E-state index contributed by atoms with van der Waals surface area (Å²) in [6, 6.07) is 0. The molecule has 2 heterocycles. The lowest BCUT2D eigenvalue weighted by Gasteiger charge is -2.19. The molecule has 0 aromatic rings. The van der Waals surface area contributed by atoms with Gasteiger partial charge in [-0.3, -0.25) is 9.59 Å². The SMILES string of the molecule is CN1CC(C(=O)N2CCC(O)C2)CC1=O. The molecule has 0 aliphatic carbocycles. The first-order valence-corrected chi connectivity index (χ1v) is 5.28. The maximum Gasteiger partial charge on any atom is 0.228 e. The average molecular weight is 212 g/mol. The van der Waals surface area contributed by atoms with Gasteiger partial charge >= 0.3 is 0 Å². The van der Waals surface area contributed by atoms with Crippen LogP contribution in [0.2, 0.25) is 0 Å². The van der Waals surface area contributed by atoms with Gasteiger partial charge in [0.1, 0.15) is 0 Å². The molecule has 2 rings (SSSR count). The number of hydrogen-bond donors (Lipinski definition) is 1. The number of rotatable bonds is 1. The van der Waals surface area contributed by atoms with Crippen LogP contribution in [0, 0.1) is 5.92 Å². The van der Waals surface area contributed by atoms with E-state index in [0.29, 0.717) is 32.5 Å². The summed E-state index contributed by atoms with van der Waals surface area (Å²) >= 11 is 0. The molecular weight excluding hydrogens is 196 g/mol. The molecule has 2 atom stereocenters. The van der Waals surface area contributed by atoms with Crippen molar-refractivity contribution in [3.05, 3.63) is 0 Å². The smallest absolute Gasteiger partial charge is 0.228 e. The fourth-order valence-corrected chi connectivity index (χ4v) is 2.23. The van der Waals surface area contributed by atoms with Gasteiger partial charge in [0.25, 0.3) is 0 Å². The van der Waals surface area contributed by atoms with E-state index in [1.165, 1.54) is 0 Å². The predicted octanol–water partition coefficient (Wildman–Crippen LogP) is -0.942. The third-order valence-corrected chi connectivity index (χ3v) is 3.17. The quantitative estimate of drug-likeness (QED) is 0.610. The van der Waals surface area contributed by atoms with E-state index in [4.69, 9.17) is 0 Å². The van der Waals surface area contributed by atoms with Gasteiger partial charge < -0.3 is 14.9 Å². The van der Waals surface area contributed by atoms with E-state index in [9.17, 15) is 14.7 Å². The van der Waals surface area contributed by atoms with E-state index in [0.717, 1.165) is 0 Å². The summed E-state index contributed by atoms with van der Waals surface area (Å²) in [6.07, 6.45) is 0.591. The van der Waals surface area contributed by atoms with Crippen LogP contribution >= 0.6 is 0 Å². The van der Waals surface area contributed by atoms with Gasteiger partial charge in [-0.05, 0) is 6.42 Å². The standard InChI is InChI=1S/C10H16N2O3/c1-11-5-7(4-9(11)14)10(15)12-3-2-8(13)6-12/h7-8,13H,2-6H2,1H3. The number of aliphatic hydroxyl groups excluding tert-OH is 1. The molecule has 2 unspecified atom stereocenters. The normalized spacial score (nSPS) is 31.5. The predicted molar refractivity (Wildman–Crippen MR) is 52.9 cm³/mol. The zero-order valence-electron chi connectivity index (χ0n) is 8.85. The molecule has 5 nitrogen and oxygen atoms in total. The lowest BCUT2D eigenvalue weighted by atomic mass is 10.1. The van der Waals surface area contributed by atoms with Gasteiger partial charge in [-0.1, -0.05) is 0 Å². The number of nitrogens with zero attached hydrogens (tertiary/aromatic N) is 2. The number of carbonyl (C=O) groups excluding carboxylic acids is 2. The van der Waals surface area contributed by atoms with Crippen LogP contribution in [-0.4, -0.2) is 59.5 Å². The number of likely N-dealkylation sites (tertiary alicyclic amines) is 2. The fraction of sp³-hybridized carbons (Fsp3) is 0.800. The summed E-state index contributed by atoms with van der Waals surface area (Å²) in [5.41, 5.74) is 0. The molecule has 15 heavy (non-hydrogen) atoms. The van der Waals surface area contributed by atoms with Crippen LogP contribution in [0.3, 0.4) is 0 Å². The van der Waals surface area contributed by atoms with Gasteiger partial charge in [0, 0.05) is 33.1 Å². The van der Waals surface area contributed by atoms with Crippen molar-refractivity contribution in [2.24, 2.45) is 5.92 Å². The number of carbonyl (C=O) groups is 2. The van der Waals surface area contributed by atoms with Gasteiger partial charge in [-0.25, -0.2) is 0 Å². The fourth-order valence-electron chi connectivity index (χ4n) is 2.23. The van der Waals surface area contributed by atoms with Crippen LogP contribution < -0.4 is 0 Å². The molecule has 0 spiro atoms. The Morgan fingerprint density at radius 3 is 2.67 bits per heavy atom. The minimum Gasteiger partial charge on any atom is -0.391 e. The summed E-state index contributed by atoms with van der Waals surface area (Å²) in [7, 11) is 1.72. The third kappa shape index (κ3) is 1.97. The van der Waals surface area contributed by atoms with Crippen molar-refractivity contribution in [1.82, 2.24) is 9.80 Å². The molecule has 2 fully saturated rings. The molecule has 2 saturated heterocycles. The summed E-state index contributed by atoms with van der Waals surface area (Å²) < 4.78 is 0. The Hall–Kier alpha value is -1.10. The van der Waals surface area contributed by atoms with Crippen molar-refractivity contribution >= 4 is 11.8 Å². The Morgan fingerprint density at radius 1 is 1.47 bits per heavy atom. The van der Waals surface area contributed by atoms with Crippen LogP contribution in [0.25, 0.3) is 0 Å². The monoisotopic (exact) mass is 212 g/mol. The first-order chi connectivity index (χ1) is 7.08. The second-order valence-corrected chi connectivity index (χ2v) is 4.40. The molecular formula is C10H16N2O3. The average Bonchev–Trinajstić information content (AvgIpc) is 2.74. The molecule has 0 saturated carbocycles. The highest BCUT2D eigenvalue weighted by Crippen LogP contribution is 2.21. The van der Waals surface area contributed by atoms with Crippen molar-refractivity contribution in [2.45, 2.75) is 18.9 Å². The molecule has 2 aliphatic rings. The van der Waals surface area contributed by atoms with E-state index < -0.39 is 0 Å². The number of aliphatic hydroxyl groups is 1. The van der Waals surface area contributed by atoms with Crippen LogP contribution in [-0.2, 0) is 9.59 Å². The second-order valence-electron chi connectivity index (χ2n) is 4.40. The first kappa shape index (κ1) is 10.4. The van der Waals surface area contributed by atoms with Crippen molar-refractivity contribution in [1.29, 1.82) is 0 Å². The van der Waals surface area contributed by atoms with Crippen LogP contribution in [0.1, 0.15) is 12.8 Å². The topological polar surface area (TPSA) is 60.9 Å². The molecule has 1 N–H and O–H groups in total. The maximum atomic E-state index is 11.9. The number of β-amino-alcohol motifs (C(OH)–C–C–N with tert-alkyl or cyclic N) is 1. The molecule has 2 aliphatic heterocycles. The molecule has 0 bridgehead atoms. The van der Waals surface area contributed by atoms with Gasteiger partial charge in [0.2, 0.25) is 11.8 Å². The van der Waals surface area contributed by atoms with E-state index in [1.54, 1.807) is 16.8 Å². The van der Waals surface area contributed by atoms with E-state index in [1.807, 2.05) is 0 Å². The molecule has 2 amide bonds. The van der Waals surface area contributed by atoms with Crippen molar-refractivity contribution in [3.8, 4) is 0 Å². The highest BCUT2D eigenvalue weighted by Gasteiger charge is 2.36. The van der Waals surface area contributed by atoms with Crippen LogP contribution in [0.4, 0.5) is 0 Å². The zero-order chi connectivity index (χ0) is 11.0. The molecule has 0 radical (unpaired) electrons. The van der Waals surface area contributed by atoms with Gasteiger partial charge in [-0.2, -0.15) is 0 Å². The second kappa shape index (κ2) is 3.81. The largest absolute Gasteiger partial charge is 0.391 e. The summed E-state index contributed by atoms with van der Waals surface area (Å²) in [5, 5.41) is 9.32. The third-order valence-electron chi connectivity index (χ3n) is 3.17. The number of amides is 2. The van der Waals surface area contributed by atoms with Gasteiger partial charge in [0.05, 0.1) is 12.0 Å². The molecule has 0 aromatic heterocycles. The lowest BCUT2D eigenvalue weighted by molar-refractivity contribution is -0.135. The van der Waals surface area contributed by atoms with Crippen molar-refractivity contribution in [3.63, 3.8) is 0 Å². The minimum absolute atomic E-state index is 0.0178. The van der Waals surface area contributed by atoms with Gasteiger partial charge in [0.15, 0.2) is 0 Å². The summed E-state index contributed by atoms with van der Waals surface area (Å²) in [6.45, 7) is 1.56. The Bertz CT molecular complexity index is 292. The van der Waals surface area contributed by atoms with Crippen molar-refractivity contribution in [2.75, 3.05) is 26.7 Å². The summed E-state index contributed by atoms with van der Waals surface area (Å²) in [5.74, 6) is -0.148. The van der Waals surface area contributed by atoms with Crippen molar-refractivity contribution < 1.29 is 14.7 Å². The molecule has 0 aromatic carbocycles. The van der Waals surface area contributed by atoms with Crippen LogP contribution in [0.5, 0.6) is 0 Å². The molecule has 5 heteroatoms. The van der Waals surface area contributed by atoms with E-state index in [2.05, 4.69) is 0 Å². The van der Waals surface area contributed by atoms with E-state index in [-0.39, 0.29) is 23.8 Å². The lowest BCUT2D eigenvalue weighted by Crippen LogP contribution is -2.36. The van der Waals surface area contributed by atoms with Crippen LogP contribution in [0.15, 0.2) is 0 Å². The first-order valence-electron chi connectivity index (χ1n) is 5.28. The Kier molecular flexibility index (Phi) is 2.65. The van der Waals surface area contributed by atoms with E-state index >= 15 is 0 Å². The Morgan fingerprint density at radius 2 is 2.20 bits per heavy atom. The Balaban J connectivity index is 1.94. The van der Waals surface area contributed by atoms with Gasteiger partial charge in [-0.15, -0.1) is 0 Å². The minimum atomic E-state index is -0.385. The summed E-state index contributed by atoms with van der Waals surface area (Å²) in [4.78, 5) is 26.5. The highest BCUT2D eigenvalue weighted by atomic mass is 16.3. The highest BCUT2D eigenvalue weighted by molar-refractivity contribution is 5.89.